The topological polar surface area (TPSA) is 38.3 Å². The Hall–Kier alpha value is -1.35. The lowest BCUT2D eigenvalue weighted by Gasteiger charge is -2.03. The maximum Gasteiger partial charge on any atom is 0.228 e. The summed E-state index contributed by atoms with van der Waals surface area (Å²) in [6.07, 6.45) is 1.41. The van der Waals surface area contributed by atoms with Crippen molar-refractivity contribution >= 4 is 11.6 Å². The van der Waals surface area contributed by atoms with Crippen LogP contribution in [-0.4, -0.2) is 19.6 Å². The van der Waals surface area contributed by atoms with Crippen LogP contribution >= 0.6 is 0 Å². The number of methoxy groups -OCH3 is 1. The minimum absolute atomic E-state index is 0.0869. The van der Waals surface area contributed by atoms with Crippen molar-refractivity contribution in [3.8, 4) is 0 Å². The molecular formula is C11H13NO2. The summed E-state index contributed by atoms with van der Waals surface area (Å²) in [5.41, 5.74) is 3.28. The molecule has 0 unspecified atom stereocenters. The lowest BCUT2D eigenvalue weighted by molar-refractivity contribution is -0.115. The summed E-state index contributed by atoms with van der Waals surface area (Å²) in [4.78, 5) is 11.1. The van der Waals surface area contributed by atoms with E-state index < -0.39 is 0 Å². The summed E-state index contributed by atoms with van der Waals surface area (Å²) in [6.45, 7) is 0.722. The molecule has 0 bridgehead atoms. The molecule has 1 heterocycles. The Bertz CT molecular complexity index is 360. The molecule has 3 nitrogen and oxygen atoms in total. The molecule has 0 fully saturated rings. The van der Waals surface area contributed by atoms with Crippen LogP contribution in [0.25, 0.3) is 0 Å². The normalized spacial score (nSPS) is 13.9. The first kappa shape index (κ1) is 9.21. The maximum atomic E-state index is 11.1. The van der Waals surface area contributed by atoms with Gasteiger partial charge >= 0.3 is 0 Å². The summed E-state index contributed by atoms with van der Waals surface area (Å²) in [6, 6.07) is 6.07. The van der Waals surface area contributed by atoms with E-state index in [-0.39, 0.29) is 5.91 Å². The fourth-order valence-electron chi connectivity index (χ4n) is 1.66. The first-order valence-electron chi connectivity index (χ1n) is 4.70. The predicted octanol–water partition coefficient (Wildman–Crippen LogP) is 1.37. The smallest absolute Gasteiger partial charge is 0.228 e. The molecule has 0 aromatic heterocycles. The van der Waals surface area contributed by atoms with E-state index in [1.54, 1.807) is 7.11 Å². The quantitative estimate of drug-likeness (QED) is 0.783. The van der Waals surface area contributed by atoms with E-state index in [4.69, 9.17) is 4.74 Å². The minimum atomic E-state index is 0.0869. The molecule has 0 atom stereocenters. The van der Waals surface area contributed by atoms with Crippen LogP contribution in [0.3, 0.4) is 0 Å². The van der Waals surface area contributed by atoms with Crippen molar-refractivity contribution in [1.82, 2.24) is 0 Å². The average molecular weight is 191 g/mol. The van der Waals surface area contributed by atoms with Gasteiger partial charge in [-0.25, -0.2) is 0 Å². The van der Waals surface area contributed by atoms with Crippen LogP contribution in [0.1, 0.15) is 11.1 Å². The molecule has 0 spiro atoms. The molecule has 1 N–H and O–H groups in total. The SMILES string of the molecule is COCCc1ccc2c(c1)CC(=O)N2. The van der Waals surface area contributed by atoms with Crippen LogP contribution in [0.5, 0.6) is 0 Å². The van der Waals surface area contributed by atoms with Crippen LogP contribution in [0.4, 0.5) is 5.69 Å². The fraction of sp³-hybridized carbons (Fsp3) is 0.364. The summed E-state index contributed by atoms with van der Waals surface area (Å²) in [5.74, 6) is 0.0869. The number of ether oxygens (including phenoxy) is 1. The van der Waals surface area contributed by atoms with E-state index >= 15 is 0 Å². The molecule has 1 aromatic carbocycles. The van der Waals surface area contributed by atoms with Gasteiger partial charge in [-0.2, -0.15) is 0 Å². The number of hydrogen-bond acceptors (Lipinski definition) is 2. The van der Waals surface area contributed by atoms with E-state index in [0.717, 1.165) is 24.3 Å². The zero-order chi connectivity index (χ0) is 9.97. The zero-order valence-electron chi connectivity index (χ0n) is 8.17. The number of nitrogens with one attached hydrogen (secondary N) is 1. The largest absolute Gasteiger partial charge is 0.384 e. The van der Waals surface area contributed by atoms with Crippen LogP contribution in [-0.2, 0) is 22.4 Å². The monoisotopic (exact) mass is 191 g/mol. The number of carbonyl (C=O) groups excluding carboxylic acids is 1. The van der Waals surface area contributed by atoms with E-state index in [1.807, 2.05) is 12.1 Å². The van der Waals surface area contributed by atoms with Gasteiger partial charge in [0, 0.05) is 12.8 Å². The number of fused-ring (bicyclic) bond motifs is 1. The highest BCUT2D eigenvalue weighted by molar-refractivity contribution is 5.99. The second-order valence-corrected chi connectivity index (χ2v) is 3.46. The Kier molecular flexibility index (Phi) is 2.50. The van der Waals surface area contributed by atoms with Crippen LogP contribution in [0.15, 0.2) is 18.2 Å². The van der Waals surface area contributed by atoms with Gasteiger partial charge in [-0.05, 0) is 23.6 Å². The molecule has 0 radical (unpaired) electrons. The first-order chi connectivity index (χ1) is 6.79. The van der Waals surface area contributed by atoms with Gasteiger partial charge in [0.05, 0.1) is 13.0 Å². The number of hydrogen-bond donors (Lipinski definition) is 1. The number of amides is 1. The first-order valence-corrected chi connectivity index (χ1v) is 4.70. The van der Waals surface area contributed by atoms with Crippen molar-refractivity contribution in [3.63, 3.8) is 0 Å². The molecule has 2 rings (SSSR count). The molecule has 1 aliphatic heterocycles. The second-order valence-electron chi connectivity index (χ2n) is 3.46. The molecule has 0 aliphatic carbocycles. The molecule has 14 heavy (non-hydrogen) atoms. The van der Waals surface area contributed by atoms with Crippen molar-refractivity contribution in [2.24, 2.45) is 0 Å². The lowest BCUT2D eigenvalue weighted by Crippen LogP contribution is -2.03. The van der Waals surface area contributed by atoms with Gasteiger partial charge in [0.15, 0.2) is 0 Å². The Morgan fingerprint density at radius 2 is 2.36 bits per heavy atom. The third-order valence-electron chi connectivity index (χ3n) is 2.39. The second kappa shape index (κ2) is 3.80. The highest BCUT2D eigenvalue weighted by Crippen LogP contribution is 2.23. The Balaban J connectivity index is 2.16. The van der Waals surface area contributed by atoms with Gasteiger partial charge in [-0.15, -0.1) is 0 Å². The molecule has 0 saturated heterocycles. The van der Waals surface area contributed by atoms with E-state index in [9.17, 15) is 4.79 Å². The molecule has 74 valence electrons. The third-order valence-corrected chi connectivity index (χ3v) is 2.39. The van der Waals surface area contributed by atoms with Gasteiger partial charge in [0.1, 0.15) is 0 Å². The van der Waals surface area contributed by atoms with Crippen molar-refractivity contribution in [2.45, 2.75) is 12.8 Å². The van der Waals surface area contributed by atoms with Crippen LogP contribution < -0.4 is 5.32 Å². The van der Waals surface area contributed by atoms with Crippen molar-refractivity contribution < 1.29 is 9.53 Å². The Morgan fingerprint density at radius 1 is 1.50 bits per heavy atom. The van der Waals surface area contributed by atoms with Gasteiger partial charge in [0.25, 0.3) is 0 Å². The Morgan fingerprint density at radius 3 is 3.14 bits per heavy atom. The predicted molar refractivity (Wildman–Crippen MR) is 54.4 cm³/mol. The summed E-state index contributed by atoms with van der Waals surface area (Å²) in [7, 11) is 1.69. The van der Waals surface area contributed by atoms with Crippen molar-refractivity contribution in [1.29, 1.82) is 0 Å². The molecule has 3 heteroatoms. The summed E-state index contributed by atoms with van der Waals surface area (Å²) >= 11 is 0. The van der Waals surface area contributed by atoms with Gasteiger partial charge < -0.3 is 10.1 Å². The fourth-order valence-corrected chi connectivity index (χ4v) is 1.66. The zero-order valence-corrected chi connectivity index (χ0v) is 8.17. The maximum absolute atomic E-state index is 11.1. The van der Waals surface area contributed by atoms with E-state index in [1.165, 1.54) is 5.56 Å². The highest BCUT2D eigenvalue weighted by atomic mass is 16.5. The molecule has 1 amide bonds. The molecule has 0 saturated carbocycles. The minimum Gasteiger partial charge on any atom is -0.384 e. The highest BCUT2D eigenvalue weighted by Gasteiger charge is 2.16. The van der Waals surface area contributed by atoms with E-state index in [2.05, 4.69) is 11.4 Å². The van der Waals surface area contributed by atoms with Gasteiger partial charge in [-0.1, -0.05) is 12.1 Å². The van der Waals surface area contributed by atoms with Crippen LogP contribution in [0, 0.1) is 0 Å². The Labute approximate surface area is 83.1 Å². The number of rotatable bonds is 3. The van der Waals surface area contributed by atoms with Gasteiger partial charge in [0.2, 0.25) is 5.91 Å². The number of anilines is 1. The van der Waals surface area contributed by atoms with Crippen molar-refractivity contribution in [3.05, 3.63) is 29.3 Å². The molecule has 1 aromatic rings. The molecule has 1 aliphatic rings. The number of benzene rings is 1. The summed E-state index contributed by atoms with van der Waals surface area (Å²) in [5, 5.41) is 2.81. The molecular weight excluding hydrogens is 178 g/mol. The standard InChI is InChI=1S/C11H13NO2/c1-14-5-4-8-2-3-10-9(6-8)7-11(13)12-10/h2-3,6H,4-5,7H2,1H3,(H,12,13). The summed E-state index contributed by atoms with van der Waals surface area (Å²) < 4.78 is 5.00. The van der Waals surface area contributed by atoms with Gasteiger partial charge in [-0.3, -0.25) is 4.79 Å². The third kappa shape index (κ3) is 1.77. The number of carbonyl (C=O) groups is 1. The van der Waals surface area contributed by atoms with E-state index in [0.29, 0.717) is 6.42 Å². The van der Waals surface area contributed by atoms with Crippen LogP contribution in [0.2, 0.25) is 0 Å². The lowest BCUT2D eigenvalue weighted by atomic mass is 10.1. The average Bonchev–Trinajstić information content (AvgIpc) is 2.54. The van der Waals surface area contributed by atoms with Crippen molar-refractivity contribution in [2.75, 3.05) is 19.0 Å².